The highest BCUT2D eigenvalue weighted by atomic mass is 32.2. The maximum absolute atomic E-state index is 13.0. The summed E-state index contributed by atoms with van der Waals surface area (Å²) < 4.78 is 41.4. The van der Waals surface area contributed by atoms with Crippen molar-refractivity contribution in [1.82, 2.24) is 4.90 Å². The topological polar surface area (TPSA) is 56.6 Å². The molecule has 1 N–H and O–H groups in total. The van der Waals surface area contributed by atoms with Gasteiger partial charge >= 0.3 is 6.36 Å². The molecule has 10 heteroatoms. The number of carbonyl (C=O) groups excluding carboxylic acids is 1. The normalized spacial score (nSPS) is 19.2. The van der Waals surface area contributed by atoms with Gasteiger partial charge in [-0.15, -0.1) is 13.2 Å². The third-order valence-corrected chi connectivity index (χ3v) is 6.63. The van der Waals surface area contributed by atoms with Gasteiger partial charge in [-0.05, 0) is 35.5 Å². The molecule has 1 fully saturated rings. The number of carbonyl (C=O) groups is 1. The van der Waals surface area contributed by atoms with E-state index in [0.717, 1.165) is 17.3 Å². The molecule has 2 aromatic rings. The molecule has 0 bridgehead atoms. The molecular weight excluding hydrogens is 423 g/mol. The van der Waals surface area contributed by atoms with E-state index in [2.05, 4.69) is 4.74 Å². The van der Waals surface area contributed by atoms with Gasteiger partial charge in [0.2, 0.25) is 0 Å². The van der Waals surface area contributed by atoms with Crippen molar-refractivity contribution in [2.45, 2.75) is 17.8 Å². The van der Waals surface area contributed by atoms with E-state index in [1.807, 2.05) is 30.3 Å². The summed E-state index contributed by atoms with van der Waals surface area (Å²) in [5.74, 6) is -0.606. The monoisotopic (exact) mass is 437 g/mol. The molecule has 0 aliphatic carbocycles. The molecule has 2 aliphatic rings. The molecule has 5 nitrogen and oxygen atoms in total. The predicted octanol–water partition coefficient (Wildman–Crippen LogP) is 5.01. The summed E-state index contributed by atoms with van der Waals surface area (Å²) in [5, 5.41) is 8.90. The van der Waals surface area contributed by atoms with Crippen molar-refractivity contribution in [3.05, 3.63) is 64.0 Å². The fraction of sp³-hybridized carbons (Fsp3) is 0.158. The number of halogens is 3. The fourth-order valence-corrected chi connectivity index (χ4v) is 5.22. The van der Waals surface area contributed by atoms with Crippen LogP contribution in [0.2, 0.25) is 0 Å². The molecular formula is C19H14F3N3O2S2. The third-order valence-electron chi connectivity index (χ3n) is 4.30. The van der Waals surface area contributed by atoms with Gasteiger partial charge < -0.3 is 9.64 Å². The zero-order valence-electron chi connectivity index (χ0n) is 15.0. The van der Waals surface area contributed by atoms with E-state index in [9.17, 15) is 18.0 Å². The number of benzene rings is 2. The highest BCUT2D eigenvalue weighted by Crippen LogP contribution is 2.51. The van der Waals surface area contributed by atoms with Gasteiger partial charge in [0, 0.05) is 11.9 Å². The Morgan fingerprint density at radius 1 is 1.10 bits per heavy atom. The van der Waals surface area contributed by atoms with Crippen LogP contribution in [0.1, 0.15) is 5.56 Å². The molecule has 0 saturated carbocycles. The third kappa shape index (κ3) is 3.95. The fourth-order valence-electron chi connectivity index (χ4n) is 2.99. The minimum absolute atomic E-state index is 0.118. The number of fused-ring (bicyclic) bond motifs is 1. The number of nitrogens with one attached hydrogen (secondary N) is 1. The van der Waals surface area contributed by atoms with Crippen LogP contribution in [0.3, 0.4) is 0 Å². The Bertz CT molecular complexity index is 1030. The van der Waals surface area contributed by atoms with Crippen LogP contribution < -0.4 is 9.64 Å². The maximum atomic E-state index is 13.0. The summed E-state index contributed by atoms with van der Waals surface area (Å²) in [6.45, 7) is 0.285. The van der Waals surface area contributed by atoms with Gasteiger partial charge in [0.15, 0.2) is 5.17 Å². The van der Waals surface area contributed by atoms with Gasteiger partial charge in [0.25, 0.3) is 5.91 Å². The first-order valence-corrected chi connectivity index (χ1v) is 10.0. The number of ether oxygens (including phenoxy) is 1. The molecule has 4 rings (SSSR count). The summed E-state index contributed by atoms with van der Waals surface area (Å²) in [6.07, 6.45) is -4.77. The van der Waals surface area contributed by atoms with E-state index < -0.39 is 6.36 Å². The number of amidine groups is 1. The number of alkyl halides is 3. The van der Waals surface area contributed by atoms with Gasteiger partial charge in [-0.1, -0.05) is 42.1 Å². The molecule has 0 unspecified atom stereocenters. The van der Waals surface area contributed by atoms with Gasteiger partial charge in [-0.25, -0.2) is 0 Å². The lowest BCUT2D eigenvalue weighted by atomic mass is 10.2. The van der Waals surface area contributed by atoms with E-state index in [0.29, 0.717) is 20.5 Å². The minimum Gasteiger partial charge on any atom is -0.406 e. The smallest absolute Gasteiger partial charge is 0.406 e. The SMILES string of the molecule is CN1/C(=C2/SC(=N)N(Cc3ccccc3)C2=O)Sc2cc(OC(F)(F)F)ccc21. The van der Waals surface area contributed by atoms with Gasteiger partial charge in [-0.2, -0.15) is 0 Å². The molecule has 2 aromatic carbocycles. The lowest BCUT2D eigenvalue weighted by Gasteiger charge is -2.16. The minimum atomic E-state index is -4.77. The zero-order chi connectivity index (χ0) is 20.8. The van der Waals surface area contributed by atoms with Crippen LogP contribution in [0.15, 0.2) is 63.4 Å². The summed E-state index contributed by atoms with van der Waals surface area (Å²) in [4.78, 5) is 17.0. The number of anilines is 1. The number of thioether (sulfide) groups is 2. The van der Waals surface area contributed by atoms with Crippen molar-refractivity contribution in [2.75, 3.05) is 11.9 Å². The van der Waals surface area contributed by atoms with E-state index in [1.54, 1.807) is 11.9 Å². The van der Waals surface area contributed by atoms with Gasteiger partial charge in [0.1, 0.15) is 10.7 Å². The lowest BCUT2D eigenvalue weighted by Crippen LogP contribution is -2.28. The molecule has 2 heterocycles. The average molecular weight is 437 g/mol. The Morgan fingerprint density at radius 2 is 1.83 bits per heavy atom. The van der Waals surface area contributed by atoms with Crippen molar-refractivity contribution in [3.8, 4) is 5.75 Å². The van der Waals surface area contributed by atoms with Crippen LogP contribution >= 0.6 is 23.5 Å². The van der Waals surface area contributed by atoms with E-state index in [-0.39, 0.29) is 23.4 Å². The Labute approximate surface area is 173 Å². The first-order chi connectivity index (χ1) is 13.7. The number of hydrogen-bond donors (Lipinski definition) is 1. The zero-order valence-corrected chi connectivity index (χ0v) is 16.6. The first kappa shape index (κ1) is 19.7. The highest BCUT2D eigenvalue weighted by Gasteiger charge is 2.39. The molecule has 0 atom stereocenters. The van der Waals surface area contributed by atoms with Crippen LogP contribution in [0.5, 0.6) is 5.75 Å². The standard InChI is InChI=1S/C19H14F3N3O2S2/c1-24-13-8-7-12(27-19(20,21)22)9-14(13)28-17(24)15-16(26)25(18(23)29-15)10-11-5-3-2-4-6-11/h2-9,23H,10H2,1H3/b17-15-,23-18?. The van der Waals surface area contributed by atoms with Crippen LogP contribution in [0.4, 0.5) is 18.9 Å². The van der Waals surface area contributed by atoms with Gasteiger partial charge in [0.05, 0.1) is 17.3 Å². The molecule has 0 aromatic heterocycles. The number of amides is 1. The molecule has 1 saturated heterocycles. The van der Waals surface area contributed by atoms with Crippen LogP contribution in [0.25, 0.3) is 0 Å². The first-order valence-electron chi connectivity index (χ1n) is 8.41. The largest absolute Gasteiger partial charge is 0.573 e. The van der Waals surface area contributed by atoms with Crippen LogP contribution in [-0.2, 0) is 11.3 Å². The summed E-state index contributed by atoms with van der Waals surface area (Å²) >= 11 is 2.24. The van der Waals surface area contributed by atoms with Crippen molar-refractivity contribution in [2.24, 2.45) is 0 Å². The van der Waals surface area contributed by atoms with Crippen molar-refractivity contribution >= 4 is 40.3 Å². The maximum Gasteiger partial charge on any atom is 0.573 e. The molecule has 2 aliphatic heterocycles. The second-order valence-corrected chi connectivity index (χ2v) is 8.29. The number of hydrogen-bond acceptors (Lipinski definition) is 6. The molecule has 150 valence electrons. The van der Waals surface area contributed by atoms with Crippen molar-refractivity contribution in [1.29, 1.82) is 5.41 Å². The van der Waals surface area contributed by atoms with Gasteiger partial charge in [-0.3, -0.25) is 15.1 Å². The highest BCUT2D eigenvalue weighted by molar-refractivity contribution is 8.19. The predicted molar refractivity (Wildman–Crippen MR) is 107 cm³/mol. The Hall–Kier alpha value is -2.59. The Balaban J connectivity index is 1.60. The Morgan fingerprint density at radius 3 is 2.52 bits per heavy atom. The van der Waals surface area contributed by atoms with E-state index in [1.165, 1.54) is 34.9 Å². The van der Waals surface area contributed by atoms with E-state index in [4.69, 9.17) is 5.41 Å². The number of rotatable bonds is 3. The quantitative estimate of drug-likeness (QED) is 0.685. The average Bonchev–Trinajstić information content (AvgIpc) is 3.12. The van der Waals surface area contributed by atoms with Crippen LogP contribution in [-0.4, -0.2) is 29.4 Å². The lowest BCUT2D eigenvalue weighted by molar-refractivity contribution is -0.274. The number of nitrogens with zero attached hydrogens (tertiary/aromatic N) is 2. The molecule has 0 spiro atoms. The molecule has 1 amide bonds. The summed E-state index contributed by atoms with van der Waals surface area (Å²) in [6, 6.07) is 13.4. The van der Waals surface area contributed by atoms with Crippen molar-refractivity contribution < 1.29 is 22.7 Å². The second kappa shape index (κ2) is 7.34. The second-order valence-electron chi connectivity index (χ2n) is 6.26. The van der Waals surface area contributed by atoms with E-state index >= 15 is 0 Å². The van der Waals surface area contributed by atoms with Crippen LogP contribution in [0, 0.1) is 5.41 Å². The Kier molecular flexibility index (Phi) is 4.99. The summed E-state index contributed by atoms with van der Waals surface area (Å²) in [5.41, 5.74) is 1.58. The molecule has 29 heavy (non-hydrogen) atoms. The summed E-state index contributed by atoms with van der Waals surface area (Å²) in [7, 11) is 1.74. The molecule has 0 radical (unpaired) electrons. The van der Waals surface area contributed by atoms with Crippen molar-refractivity contribution in [3.63, 3.8) is 0 Å².